The molecule has 0 saturated heterocycles. The number of rotatable bonds is 6. The van der Waals surface area contributed by atoms with Crippen molar-refractivity contribution < 1.29 is 9.84 Å². The highest BCUT2D eigenvalue weighted by molar-refractivity contribution is 5.35. The molecular formula is C14H20N2O2. The molecule has 0 aliphatic carbocycles. The molecule has 1 N–H and O–H groups in total. The molecule has 98 valence electrons. The van der Waals surface area contributed by atoms with E-state index in [1.54, 1.807) is 11.9 Å². The summed E-state index contributed by atoms with van der Waals surface area (Å²) < 4.78 is 5.60. The fraction of sp³-hybridized carbons (Fsp3) is 0.500. The van der Waals surface area contributed by atoms with Gasteiger partial charge in [-0.3, -0.25) is 4.90 Å². The lowest BCUT2D eigenvalue weighted by atomic mass is 10.1. The molecule has 0 spiro atoms. The predicted molar refractivity (Wildman–Crippen MR) is 70.5 cm³/mol. The van der Waals surface area contributed by atoms with Crippen LogP contribution < -0.4 is 4.74 Å². The first-order valence-corrected chi connectivity index (χ1v) is 5.96. The summed E-state index contributed by atoms with van der Waals surface area (Å²) in [5, 5.41) is 18.3. The molecule has 1 rings (SSSR count). The number of hydrogen-bond acceptors (Lipinski definition) is 4. The Morgan fingerprint density at radius 2 is 2.17 bits per heavy atom. The minimum Gasteiger partial charge on any atom is -0.491 e. The van der Waals surface area contributed by atoms with E-state index in [0.717, 1.165) is 16.9 Å². The van der Waals surface area contributed by atoms with E-state index in [1.807, 2.05) is 38.1 Å². The lowest BCUT2D eigenvalue weighted by Crippen LogP contribution is -2.33. The molecule has 0 saturated carbocycles. The van der Waals surface area contributed by atoms with Crippen molar-refractivity contribution in [3.8, 4) is 11.8 Å². The summed E-state index contributed by atoms with van der Waals surface area (Å²) in [6, 6.07) is 8.02. The second kappa shape index (κ2) is 7.00. The Labute approximate surface area is 108 Å². The Hall–Kier alpha value is -1.57. The van der Waals surface area contributed by atoms with Crippen LogP contribution in [0.5, 0.6) is 5.75 Å². The monoisotopic (exact) mass is 248 g/mol. The van der Waals surface area contributed by atoms with E-state index in [0.29, 0.717) is 13.1 Å². The molecule has 4 nitrogen and oxygen atoms in total. The van der Waals surface area contributed by atoms with Gasteiger partial charge in [0.05, 0.1) is 12.6 Å². The average Bonchev–Trinajstić information content (AvgIpc) is 2.30. The Morgan fingerprint density at radius 1 is 1.44 bits per heavy atom. The molecule has 0 aliphatic rings. The summed E-state index contributed by atoms with van der Waals surface area (Å²) in [4.78, 5) is 1.76. The van der Waals surface area contributed by atoms with E-state index in [9.17, 15) is 5.11 Å². The van der Waals surface area contributed by atoms with E-state index in [2.05, 4.69) is 0 Å². The van der Waals surface area contributed by atoms with Gasteiger partial charge in [0, 0.05) is 6.54 Å². The van der Waals surface area contributed by atoms with Crippen LogP contribution in [0.3, 0.4) is 0 Å². The van der Waals surface area contributed by atoms with Gasteiger partial charge < -0.3 is 9.84 Å². The molecule has 0 aromatic heterocycles. The zero-order valence-electron chi connectivity index (χ0n) is 11.2. The van der Waals surface area contributed by atoms with Crippen LogP contribution in [0.15, 0.2) is 18.2 Å². The molecule has 0 amide bonds. The van der Waals surface area contributed by atoms with E-state index < -0.39 is 6.10 Å². The van der Waals surface area contributed by atoms with Gasteiger partial charge in [-0.1, -0.05) is 12.1 Å². The van der Waals surface area contributed by atoms with Crippen LogP contribution in [0.2, 0.25) is 0 Å². The summed E-state index contributed by atoms with van der Waals surface area (Å²) in [6.07, 6.45) is -0.594. The first-order chi connectivity index (χ1) is 8.52. The third-order valence-electron chi connectivity index (χ3n) is 2.64. The van der Waals surface area contributed by atoms with Crippen LogP contribution in [0.4, 0.5) is 0 Å². The maximum absolute atomic E-state index is 9.79. The summed E-state index contributed by atoms with van der Waals surface area (Å²) in [5.41, 5.74) is 2.19. The molecule has 0 bridgehead atoms. The third-order valence-corrected chi connectivity index (χ3v) is 2.64. The second-order valence-electron chi connectivity index (χ2n) is 4.59. The van der Waals surface area contributed by atoms with Crippen LogP contribution in [-0.2, 0) is 0 Å². The molecule has 0 heterocycles. The Kier molecular flexibility index (Phi) is 5.63. The number of aryl methyl sites for hydroxylation is 2. The van der Waals surface area contributed by atoms with Crippen molar-refractivity contribution in [2.75, 3.05) is 26.7 Å². The van der Waals surface area contributed by atoms with Crippen molar-refractivity contribution in [2.45, 2.75) is 20.0 Å². The lowest BCUT2D eigenvalue weighted by Gasteiger charge is -2.18. The van der Waals surface area contributed by atoms with Crippen LogP contribution in [0.25, 0.3) is 0 Å². The summed E-state index contributed by atoms with van der Waals surface area (Å²) >= 11 is 0. The minimum absolute atomic E-state index is 0.236. The quantitative estimate of drug-likeness (QED) is 0.775. The van der Waals surface area contributed by atoms with Gasteiger partial charge in [0.15, 0.2) is 0 Å². The van der Waals surface area contributed by atoms with Crippen LogP contribution in [0.1, 0.15) is 11.1 Å². The number of aliphatic hydroxyl groups excluding tert-OH is 1. The summed E-state index contributed by atoms with van der Waals surface area (Å²) in [5.74, 6) is 0.803. The fourth-order valence-corrected chi connectivity index (χ4v) is 1.65. The van der Waals surface area contributed by atoms with Crippen LogP contribution in [0, 0.1) is 25.2 Å². The van der Waals surface area contributed by atoms with Gasteiger partial charge >= 0.3 is 0 Å². The fourth-order valence-electron chi connectivity index (χ4n) is 1.65. The van der Waals surface area contributed by atoms with Crippen molar-refractivity contribution in [1.29, 1.82) is 5.26 Å². The number of likely N-dealkylation sites (N-methyl/N-ethyl adjacent to an activating group) is 1. The molecular weight excluding hydrogens is 228 g/mol. The smallest absolute Gasteiger partial charge is 0.122 e. The Morgan fingerprint density at radius 3 is 2.83 bits per heavy atom. The summed E-state index contributed by atoms with van der Waals surface area (Å²) in [6.45, 7) is 4.95. The molecule has 1 aromatic carbocycles. The zero-order valence-corrected chi connectivity index (χ0v) is 11.2. The van der Waals surface area contributed by atoms with Crippen molar-refractivity contribution in [3.05, 3.63) is 29.3 Å². The number of nitrogens with zero attached hydrogens (tertiary/aromatic N) is 2. The van der Waals surface area contributed by atoms with Crippen LogP contribution >= 0.6 is 0 Å². The Balaban J connectivity index is 2.45. The van der Waals surface area contributed by atoms with Gasteiger partial charge in [0.25, 0.3) is 0 Å². The molecule has 0 fully saturated rings. The van der Waals surface area contributed by atoms with E-state index in [-0.39, 0.29) is 6.61 Å². The molecule has 1 aromatic rings. The van der Waals surface area contributed by atoms with Crippen molar-refractivity contribution >= 4 is 0 Å². The van der Waals surface area contributed by atoms with Gasteiger partial charge in [0.2, 0.25) is 0 Å². The highest BCUT2D eigenvalue weighted by Gasteiger charge is 2.09. The number of ether oxygens (including phenoxy) is 1. The van der Waals surface area contributed by atoms with Crippen LogP contribution in [-0.4, -0.2) is 42.9 Å². The minimum atomic E-state index is -0.594. The van der Waals surface area contributed by atoms with Gasteiger partial charge in [-0.15, -0.1) is 0 Å². The highest BCUT2D eigenvalue weighted by Crippen LogP contribution is 2.19. The summed E-state index contributed by atoms with van der Waals surface area (Å²) in [7, 11) is 1.80. The first kappa shape index (κ1) is 14.5. The number of aliphatic hydroxyl groups is 1. The van der Waals surface area contributed by atoms with E-state index >= 15 is 0 Å². The molecule has 0 aliphatic heterocycles. The van der Waals surface area contributed by atoms with Crippen molar-refractivity contribution in [3.63, 3.8) is 0 Å². The predicted octanol–water partition coefficient (Wildman–Crippen LogP) is 1.50. The normalized spacial score (nSPS) is 12.2. The average molecular weight is 248 g/mol. The van der Waals surface area contributed by atoms with Crippen molar-refractivity contribution in [1.82, 2.24) is 4.90 Å². The first-order valence-electron chi connectivity index (χ1n) is 5.96. The topological polar surface area (TPSA) is 56.5 Å². The molecule has 0 radical (unpaired) electrons. The Bertz CT molecular complexity index is 426. The number of nitriles is 1. The SMILES string of the molecule is Cc1ccc(C)c(OCC(O)CN(C)CC#N)c1. The van der Waals surface area contributed by atoms with Gasteiger partial charge in [-0.2, -0.15) is 5.26 Å². The van der Waals surface area contributed by atoms with E-state index in [4.69, 9.17) is 10.00 Å². The largest absolute Gasteiger partial charge is 0.491 e. The standard InChI is InChI=1S/C14H20N2O2/c1-11-4-5-12(2)14(8-11)18-10-13(17)9-16(3)7-6-15/h4-5,8,13,17H,7,9-10H2,1-3H3. The lowest BCUT2D eigenvalue weighted by molar-refractivity contribution is 0.0796. The van der Waals surface area contributed by atoms with Gasteiger partial charge in [-0.05, 0) is 38.1 Å². The van der Waals surface area contributed by atoms with E-state index in [1.165, 1.54) is 0 Å². The van der Waals surface area contributed by atoms with Gasteiger partial charge in [-0.25, -0.2) is 0 Å². The molecule has 18 heavy (non-hydrogen) atoms. The molecule has 4 heteroatoms. The number of hydrogen-bond donors (Lipinski definition) is 1. The van der Waals surface area contributed by atoms with Crippen molar-refractivity contribution in [2.24, 2.45) is 0 Å². The van der Waals surface area contributed by atoms with Gasteiger partial charge in [0.1, 0.15) is 18.5 Å². The second-order valence-corrected chi connectivity index (χ2v) is 4.59. The molecule has 1 unspecified atom stereocenters. The molecule has 1 atom stereocenters. The zero-order chi connectivity index (χ0) is 13.5. The third kappa shape index (κ3) is 4.74. The maximum atomic E-state index is 9.79. The maximum Gasteiger partial charge on any atom is 0.122 e. The highest BCUT2D eigenvalue weighted by atomic mass is 16.5. The number of benzene rings is 1.